The van der Waals surface area contributed by atoms with Gasteiger partial charge in [-0.1, -0.05) is 20.8 Å². The van der Waals surface area contributed by atoms with E-state index in [1.807, 2.05) is 0 Å². The molecule has 0 spiro atoms. The van der Waals surface area contributed by atoms with Crippen LogP contribution in [0.5, 0.6) is 0 Å². The van der Waals surface area contributed by atoms with Gasteiger partial charge in [-0.2, -0.15) is 0 Å². The van der Waals surface area contributed by atoms with Crippen molar-refractivity contribution in [3.63, 3.8) is 0 Å². The van der Waals surface area contributed by atoms with Crippen LogP contribution in [0.3, 0.4) is 0 Å². The summed E-state index contributed by atoms with van der Waals surface area (Å²) in [7, 11) is 0. The molecule has 0 amide bonds. The third-order valence-corrected chi connectivity index (χ3v) is 4.34. The minimum absolute atomic E-state index is 0.246. The third kappa shape index (κ3) is 3.94. The van der Waals surface area contributed by atoms with E-state index in [2.05, 4.69) is 30.6 Å². The molecule has 1 unspecified atom stereocenters. The first-order chi connectivity index (χ1) is 7.97. The Balaban J connectivity index is 1.64. The third-order valence-electron chi connectivity index (χ3n) is 4.34. The molecule has 1 aliphatic carbocycles. The Kier molecular flexibility index (Phi) is 4.11. The van der Waals surface area contributed by atoms with Crippen LogP contribution in [0.1, 0.15) is 40.0 Å². The summed E-state index contributed by atoms with van der Waals surface area (Å²) in [6, 6.07) is 1.26. The summed E-state index contributed by atoms with van der Waals surface area (Å²) in [6.45, 7) is 12.9. The number of nitrogens with two attached hydrogens (primary N) is 1. The maximum atomic E-state index is 6.22. The fourth-order valence-electron chi connectivity index (χ4n) is 2.55. The van der Waals surface area contributed by atoms with Crippen molar-refractivity contribution in [2.75, 3.05) is 32.7 Å². The highest BCUT2D eigenvalue weighted by Gasteiger charge is 2.31. The molecule has 0 bridgehead atoms. The van der Waals surface area contributed by atoms with Crippen LogP contribution in [0.2, 0.25) is 0 Å². The molecule has 0 aromatic rings. The Morgan fingerprint density at radius 3 is 2.18 bits per heavy atom. The van der Waals surface area contributed by atoms with Crippen molar-refractivity contribution in [3.05, 3.63) is 0 Å². The molecular weight excluding hydrogens is 210 g/mol. The second-order valence-corrected chi connectivity index (χ2v) is 6.87. The maximum Gasteiger partial charge on any atom is 0.0113 e. The van der Waals surface area contributed by atoms with Crippen molar-refractivity contribution in [1.29, 1.82) is 0 Å². The van der Waals surface area contributed by atoms with Crippen molar-refractivity contribution in [1.82, 2.24) is 9.80 Å². The number of hydrogen-bond acceptors (Lipinski definition) is 3. The molecule has 2 rings (SSSR count). The highest BCUT2D eigenvalue weighted by Crippen LogP contribution is 2.27. The van der Waals surface area contributed by atoms with Crippen LogP contribution in [0.15, 0.2) is 0 Å². The lowest BCUT2D eigenvalue weighted by Gasteiger charge is -2.36. The van der Waals surface area contributed by atoms with Crippen molar-refractivity contribution < 1.29 is 0 Å². The Labute approximate surface area is 106 Å². The highest BCUT2D eigenvalue weighted by atomic mass is 15.3. The van der Waals surface area contributed by atoms with E-state index >= 15 is 0 Å². The smallest absolute Gasteiger partial charge is 0.0113 e. The van der Waals surface area contributed by atoms with Gasteiger partial charge in [0.25, 0.3) is 0 Å². The van der Waals surface area contributed by atoms with Crippen LogP contribution >= 0.6 is 0 Å². The van der Waals surface area contributed by atoms with Gasteiger partial charge in [-0.3, -0.25) is 4.90 Å². The predicted molar refractivity (Wildman–Crippen MR) is 73.1 cm³/mol. The molecule has 3 heteroatoms. The molecule has 2 N–H and O–H groups in total. The van der Waals surface area contributed by atoms with Crippen LogP contribution in [-0.2, 0) is 0 Å². The van der Waals surface area contributed by atoms with Crippen LogP contribution in [0.4, 0.5) is 0 Å². The average molecular weight is 239 g/mol. The SMILES string of the molecule is CC(C)(C)C(N)CCN1CCN(C2CC2)CC1. The summed E-state index contributed by atoms with van der Waals surface area (Å²) in [6.07, 6.45) is 4.01. The van der Waals surface area contributed by atoms with Crippen LogP contribution in [-0.4, -0.2) is 54.6 Å². The number of rotatable bonds is 4. The number of hydrogen-bond donors (Lipinski definition) is 1. The molecule has 0 aromatic heterocycles. The zero-order valence-corrected chi connectivity index (χ0v) is 11.8. The van der Waals surface area contributed by atoms with E-state index in [1.54, 1.807) is 0 Å². The molecule has 100 valence electrons. The Morgan fingerprint density at radius 1 is 1.12 bits per heavy atom. The Morgan fingerprint density at radius 2 is 1.71 bits per heavy atom. The van der Waals surface area contributed by atoms with Gasteiger partial charge < -0.3 is 10.6 Å². The summed E-state index contributed by atoms with van der Waals surface area (Å²) in [5.41, 5.74) is 6.46. The lowest BCUT2D eigenvalue weighted by Crippen LogP contribution is -2.48. The van der Waals surface area contributed by atoms with Crippen LogP contribution < -0.4 is 5.73 Å². The second kappa shape index (κ2) is 5.25. The van der Waals surface area contributed by atoms with E-state index in [1.165, 1.54) is 45.6 Å². The monoisotopic (exact) mass is 239 g/mol. The van der Waals surface area contributed by atoms with E-state index in [9.17, 15) is 0 Å². The Bertz CT molecular complexity index is 234. The van der Waals surface area contributed by atoms with Gasteiger partial charge in [0, 0.05) is 38.3 Å². The fraction of sp³-hybridized carbons (Fsp3) is 1.00. The topological polar surface area (TPSA) is 32.5 Å². The van der Waals surface area contributed by atoms with E-state index in [-0.39, 0.29) is 5.41 Å². The van der Waals surface area contributed by atoms with Crippen LogP contribution in [0.25, 0.3) is 0 Å². The Hall–Kier alpha value is -0.120. The van der Waals surface area contributed by atoms with Gasteiger partial charge in [-0.05, 0) is 31.2 Å². The second-order valence-electron chi connectivity index (χ2n) is 6.87. The minimum Gasteiger partial charge on any atom is -0.327 e. The molecular formula is C14H29N3. The van der Waals surface area contributed by atoms with Gasteiger partial charge in [0.1, 0.15) is 0 Å². The molecule has 2 aliphatic rings. The molecule has 1 saturated carbocycles. The molecule has 17 heavy (non-hydrogen) atoms. The summed E-state index contributed by atoms with van der Waals surface area (Å²) < 4.78 is 0. The summed E-state index contributed by atoms with van der Waals surface area (Å²) >= 11 is 0. The summed E-state index contributed by atoms with van der Waals surface area (Å²) in [4.78, 5) is 5.25. The summed E-state index contributed by atoms with van der Waals surface area (Å²) in [5, 5.41) is 0. The first kappa shape index (κ1) is 13.3. The number of piperazine rings is 1. The molecule has 2 fully saturated rings. The quantitative estimate of drug-likeness (QED) is 0.807. The van der Waals surface area contributed by atoms with Crippen molar-refractivity contribution in [2.24, 2.45) is 11.1 Å². The molecule has 1 heterocycles. The lowest BCUT2D eigenvalue weighted by atomic mass is 9.85. The fourth-order valence-corrected chi connectivity index (χ4v) is 2.55. The highest BCUT2D eigenvalue weighted by molar-refractivity contribution is 4.88. The maximum absolute atomic E-state index is 6.22. The molecule has 1 atom stereocenters. The van der Waals surface area contributed by atoms with Crippen molar-refractivity contribution in [2.45, 2.75) is 52.1 Å². The normalized spacial score (nSPS) is 26.1. The van der Waals surface area contributed by atoms with Crippen molar-refractivity contribution >= 4 is 0 Å². The van der Waals surface area contributed by atoms with E-state index in [4.69, 9.17) is 5.73 Å². The van der Waals surface area contributed by atoms with Gasteiger partial charge in [-0.15, -0.1) is 0 Å². The largest absolute Gasteiger partial charge is 0.327 e. The first-order valence-corrected chi connectivity index (χ1v) is 7.19. The molecule has 0 aromatic carbocycles. The van der Waals surface area contributed by atoms with Gasteiger partial charge in [0.2, 0.25) is 0 Å². The van der Waals surface area contributed by atoms with Gasteiger partial charge in [0.05, 0.1) is 0 Å². The van der Waals surface area contributed by atoms with E-state index < -0.39 is 0 Å². The van der Waals surface area contributed by atoms with E-state index in [0.29, 0.717) is 6.04 Å². The average Bonchev–Trinajstić information content (AvgIpc) is 3.09. The zero-order chi connectivity index (χ0) is 12.5. The molecule has 1 saturated heterocycles. The van der Waals surface area contributed by atoms with Crippen LogP contribution in [0, 0.1) is 5.41 Å². The van der Waals surface area contributed by atoms with Crippen molar-refractivity contribution in [3.8, 4) is 0 Å². The molecule has 0 radical (unpaired) electrons. The molecule has 3 nitrogen and oxygen atoms in total. The van der Waals surface area contributed by atoms with E-state index in [0.717, 1.165) is 12.5 Å². The number of nitrogens with zero attached hydrogens (tertiary/aromatic N) is 2. The predicted octanol–water partition coefficient (Wildman–Crippen LogP) is 1.53. The van der Waals surface area contributed by atoms with Gasteiger partial charge >= 0.3 is 0 Å². The van der Waals surface area contributed by atoms with Gasteiger partial charge in [-0.25, -0.2) is 0 Å². The minimum atomic E-state index is 0.246. The summed E-state index contributed by atoms with van der Waals surface area (Å²) in [5.74, 6) is 0. The standard InChI is InChI=1S/C14H29N3/c1-14(2,3)13(15)6-7-16-8-10-17(11-9-16)12-4-5-12/h12-13H,4-11,15H2,1-3H3. The molecule has 1 aliphatic heterocycles. The van der Waals surface area contributed by atoms with Gasteiger partial charge in [0.15, 0.2) is 0 Å². The zero-order valence-electron chi connectivity index (χ0n) is 11.8. The first-order valence-electron chi connectivity index (χ1n) is 7.19. The lowest BCUT2D eigenvalue weighted by molar-refractivity contribution is 0.119.